The first-order chi connectivity index (χ1) is 31.1. The molecule has 14 nitrogen and oxygen atoms in total. The second-order valence-electron chi connectivity index (χ2n) is 18.7. The van der Waals surface area contributed by atoms with Crippen molar-refractivity contribution in [2.75, 3.05) is 33.0 Å². The number of aliphatic hydroxyl groups is 7. The van der Waals surface area contributed by atoms with Crippen LogP contribution in [0.2, 0.25) is 0 Å². The van der Waals surface area contributed by atoms with Crippen LogP contribution in [0.15, 0.2) is 0 Å². The van der Waals surface area contributed by atoms with Gasteiger partial charge in [0, 0.05) is 13.0 Å². The number of aliphatic hydroxyl groups excluding tert-OH is 7. The molecular weight excluding hydrogens is 825 g/mol. The Morgan fingerprint density at radius 2 is 0.828 bits per heavy atom. The molecule has 2 rings (SSSR count). The van der Waals surface area contributed by atoms with Gasteiger partial charge in [0.25, 0.3) is 0 Å². The Morgan fingerprint density at radius 1 is 0.453 bits per heavy atom. The van der Waals surface area contributed by atoms with Crippen molar-refractivity contribution in [3.8, 4) is 0 Å². The van der Waals surface area contributed by atoms with Gasteiger partial charge in [-0.25, -0.2) is 0 Å². The molecule has 11 atom stereocenters. The summed E-state index contributed by atoms with van der Waals surface area (Å²) in [4.78, 5) is 13.0. The first-order valence-electron chi connectivity index (χ1n) is 26.1. The van der Waals surface area contributed by atoms with Gasteiger partial charge >= 0.3 is 5.97 Å². The summed E-state index contributed by atoms with van der Waals surface area (Å²) >= 11 is 0. The van der Waals surface area contributed by atoms with Crippen molar-refractivity contribution in [2.24, 2.45) is 0 Å². The smallest absolute Gasteiger partial charge is 0.306 e. The van der Waals surface area contributed by atoms with E-state index in [0.29, 0.717) is 6.61 Å². The summed E-state index contributed by atoms with van der Waals surface area (Å²) in [6, 6.07) is 0. The third kappa shape index (κ3) is 26.5. The summed E-state index contributed by atoms with van der Waals surface area (Å²) in [5.41, 5.74) is 0. The maximum atomic E-state index is 13.0. The zero-order chi connectivity index (χ0) is 46.6. The summed E-state index contributed by atoms with van der Waals surface area (Å²) in [7, 11) is 0. The Bertz CT molecular complexity index is 1070. The molecule has 0 radical (unpaired) electrons. The second kappa shape index (κ2) is 38.9. The van der Waals surface area contributed by atoms with E-state index in [1.165, 1.54) is 148 Å². The zero-order valence-corrected chi connectivity index (χ0v) is 40.3. The molecule has 0 saturated carbocycles. The first kappa shape index (κ1) is 59.1. The molecule has 11 unspecified atom stereocenters. The first-order valence-corrected chi connectivity index (χ1v) is 26.1. The van der Waals surface area contributed by atoms with Gasteiger partial charge in [-0.15, -0.1) is 0 Å². The van der Waals surface area contributed by atoms with Crippen molar-refractivity contribution in [1.82, 2.24) is 0 Å². The highest BCUT2D eigenvalue weighted by Gasteiger charge is 2.47. The Balaban J connectivity index is 1.73. The minimum atomic E-state index is -1.70. The third-order valence-electron chi connectivity index (χ3n) is 12.9. The predicted octanol–water partition coefficient (Wildman–Crippen LogP) is 7.69. The van der Waals surface area contributed by atoms with Crippen LogP contribution in [0.3, 0.4) is 0 Å². The number of esters is 1. The Kier molecular flexibility index (Phi) is 35.9. The number of hydrogen-bond donors (Lipinski definition) is 7. The van der Waals surface area contributed by atoms with Crippen LogP contribution in [0.25, 0.3) is 0 Å². The quantitative estimate of drug-likeness (QED) is 0.0231. The van der Waals surface area contributed by atoms with Gasteiger partial charge in [0.15, 0.2) is 12.6 Å². The van der Waals surface area contributed by atoms with E-state index in [4.69, 9.17) is 28.4 Å². The SMILES string of the molecule is CCCCCCCCCCCCCCCCCCCCCC(=O)OC(COCCCCCCCCCCCCC)COC1OC(COC2OC(CO)C(O)C(O)C2O)C(O)C(O)C1O. The van der Waals surface area contributed by atoms with Crippen molar-refractivity contribution in [1.29, 1.82) is 0 Å². The van der Waals surface area contributed by atoms with E-state index in [1.807, 2.05) is 0 Å². The maximum Gasteiger partial charge on any atom is 0.306 e. The summed E-state index contributed by atoms with van der Waals surface area (Å²) in [6.45, 7) is 3.73. The lowest BCUT2D eigenvalue weighted by Crippen LogP contribution is -2.61. The van der Waals surface area contributed by atoms with Crippen molar-refractivity contribution in [3.63, 3.8) is 0 Å². The van der Waals surface area contributed by atoms with Crippen molar-refractivity contribution >= 4 is 5.97 Å². The molecule has 64 heavy (non-hydrogen) atoms. The Morgan fingerprint density at radius 3 is 1.27 bits per heavy atom. The number of carbonyl (C=O) groups is 1. The van der Waals surface area contributed by atoms with Crippen LogP contribution in [0, 0.1) is 0 Å². The molecule has 2 heterocycles. The van der Waals surface area contributed by atoms with Gasteiger partial charge in [0.2, 0.25) is 0 Å². The van der Waals surface area contributed by atoms with E-state index >= 15 is 0 Å². The monoisotopic (exact) mass is 921 g/mol. The van der Waals surface area contributed by atoms with Crippen LogP contribution >= 0.6 is 0 Å². The maximum absolute atomic E-state index is 13.0. The van der Waals surface area contributed by atoms with Gasteiger partial charge in [-0.05, 0) is 12.8 Å². The average Bonchev–Trinajstić information content (AvgIpc) is 3.29. The second-order valence-corrected chi connectivity index (χ2v) is 18.7. The lowest BCUT2D eigenvalue weighted by atomic mass is 9.98. The number of hydrogen-bond acceptors (Lipinski definition) is 14. The topological polar surface area (TPSA) is 214 Å². The van der Waals surface area contributed by atoms with E-state index in [0.717, 1.165) is 44.9 Å². The molecule has 2 aliphatic rings. The zero-order valence-electron chi connectivity index (χ0n) is 40.3. The highest BCUT2D eigenvalue weighted by Crippen LogP contribution is 2.26. The molecule has 0 spiro atoms. The largest absolute Gasteiger partial charge is 0.457 e. The van der Waals surface area contributed by atoms with E-state index < -0.39 is 80.7 Å². The lowest BCUT2D eigenvalue weighted by Gasteiger charge is -2.42. The van der Waals surface area contributed by atoms with Crippen molar-refractivity contribution in [2.45, 2.75) is 280 Å². The molecule has 0 aromatic carbocycles. The van der Waals surface area contributed by atoms with Gasteiger partial charge < -0.3 is 64.2 Å². The van der Waals surface area contributed by atoms with Crippen LogP contribution in [-0.4, -0.2) is 142 Å². The molecule has 380 valence electrons. The molecule has 2 saturated heterocycles. The molecule has 14 heteroatoms. The summed E-state index contributed by atoms with van der Waals surface area (Å²) in [5, 5.41) is 72.1. The van der Waals surface area contributed by atoms with Crippen molar-refractivity contribution in [3.05, 3.63) is 0 Å². The molecule has 0 aromatic heterocycles. The van der Waals surface area contributed by atoms with Gasteiger partial charge in [0.1, 0.15) is 54.9 Å². The number of carbonyl (C=O) groups excluding carboxylic acids is 1. The van der Waals surface area contributed by atoms with Crippen LogP contribution in [-0.2, 0) is 33.2 Å². The predicted molar refractivity (Wildman–Crippen MR) is 248 cm³/mol. The molecule has 7 N–H and O–H groups in total. The molecule has 0 amide bonds. The molecular formula is C50H96O14. The lowest BCUT2D eigenvalue weighted by molar-refractivity contribution is -0.332. The molecule has 2 aliphatic heterocycles. The summed E-state index contributed by atoms with van der Waals surface area (Å²) < 4.78 is 34.3. The standard InChI is InChI=1S/C50H96O14/c1-3-5-7-9-11-13-15-16-17-18-19-20-21-22-23-25-27-29-31-33-42(52)62-39(36-59-34-32-30-28-26-24-14-12-10-8-6-4-2)37-60-49-48(58)46(56)44(54)41(64-49)38-61-50-47(57)45(55)43(53)40(35-51)63-50/h39-41,43-51,53-58H,3-38H2,1-2H3. The van der Waals surface area contributed by atoms with Gasteiger partial charge in [0.05, 0.1) is 26.4 Å². The van der Waals surface area contributed by atoms with E-state index in [2.05, 4.69) is 13.8 Å². The van der Waals surface area contributed by atoms with E-state index in [9.17, 15) is 40.5 Å². The summed E-state index contributed by atoms with van der Waals surface area (Å²) in [5.74, 6) is -0.370. The highest BCUT2D eigenvalue weighted by molar-refractivity contribution is 5.69. The van der Waals surface area contributed by atoms with Crippen LogP contribution < -0.4 is 0 Å². The minimum Gasteiger partial charge on any atom is -0.457 e. The molecule has 0 aliphatic carbocycles. The fraction of sp³-hybridized carbons (Fsp3) is 0.980. The van der Waals surface area contributed by atoms with E-state index in [-0.39, 0.29) is 25.6 Å². The molecule has 0 aromatic rings. The van der Waals surface area contributed by atoms with E-state index in [1.54, 1.807) is 0 Å². The van der Waals surface area contributed by atoms with Gasteiger partial charge in [-0.1, -0.05) is 194 Å². The van der Waals surface area contributed by atoms with Crippen LogP contribution in [0.5, 0.6) is 0 Å². The molecule has 0 bridgehead atoms. The van der Waals surface area contributed by atoms with Crippen molar-refractivity contribution < 1.29 is 69.0 Å². The van der Waals surface area contributed by atoms with Gasteiger partial charge in [-0.2, -0.15) is 0 Å². The fourth-order valence-electron chi connectivity index (χ4n) is 8.58. The Hall–Kier alpha value is -1.01. The number of ether oxygens (including phenoxy) is 6. The number of rotatable bonds is 42. The fourth-order valence-corrected chi connectivity index (χ4v) is 8.58. The summed E-state index contributed by atoms with van der Waals surface area (Å²) in [6.07, 6.45) is 21.7. The highest BCUT2D eigenvalue weighted by atomic mass is 16.7. The number of unbranched alkanes of at least 4 members (excludes halogenated alkanes) is 28. The third-order valence-corrected chi connectivity index (χ3v) is 12.9. The van der Waals surface area contributed by atoms with Crippen LogP contribution in [0.4, 0.5) is 0 Å². The minimum absolute atomic E-state index is 0.0698. The average molecular weight is 921 g/mol. The normalized spacial score (nSPS) is 26.6. The van der Waals surface area contributed by atoms with Gasteiger partial charge in [-0.3, -0.25) is 4.79 Å². The molecule has 2 fully saturated rings. The van der Waals surface area contributed by atoms with Crippen LogP contribution in [0.1, 0.15) is 213 Å². The Labute approximate surface area is 387 Å².